The van der Waals surface area contributed by atoms with Crippen LogP contribution < -0.4 is 9.47 Å². The number of esters is 1. The Morgan fingerprint density at radius 1 is 1.12 bits per heavy atom. The summed E-state index contributed by atoms with van der Waals surface area (Å²) in [5.41, 5.74) is 2.21. The highest BCUT2D eigenvalue weighted by Crippen LogP contribution is 2.38. The van der Waals surface area contributed by atoms with Crippen LogP contribution in [0.15, 0.2) is 74.2 Å². The molecule has 0 atom stereocenters. The zero-order chi connectivity index (χ0) is 23.5. The summed E-state index contributed by atoms with van der Waals surface area (Å²) >= 11 is 9.16. The Morgan fingerprint density at radius 2 is 1.94 bits per heavy atom. The van der Waals surface area contributed by atoms with E-state index in [0.717, 1.165) is 8.04 Å². The molecule has 33 heavy (non-hydrogen) atoms. The molecule has 0 spiro atoms. The molecule has 3 aromatic carbocycles. The van der Waals surface area contributed by atoms with Crippen molar-refractivity contribution >= 4 is 72.4 Å². The van der Waals surface area contributed by atoms with Crippen molar-refractivity contribution in [3.05, 3.63) is 95.3 Å². The van der Waals surface area contributed by atoms with Gasteiger partial charge in [0.1, 0.15) is 12.4 Å². The van der Waals surface area contributed by atoms with Gasteiger partial charge in [0.2, 0.25) is 5.90 Å². The van der Waals surface area contributed by atoms with Gasteiger partial charge in [0.05, 0.1) is 11.6 Å². The molecule has 5 nitrogen and oxygen atoms in total. The van der Waals surface area contributed by atoms with E-state index in [1.807, 2.05) is 18.2 Å². The minimum Gasteiger partial charge on any atom is -0.493 e. The van der Waals surface area contributed by atoms with E-state index >= 15 is 0 Å². The van der Waals surface area contributed by atoms with E-state index in [4.69, 9.17) is 14.2 Å². The molecule has 4 rings (SSSR count). The van der Waals surface area contributed by atoms with Crippen LogP contribution in [0.1, 0.15) is 16.7 Å². The average molecular weight is 687 g/mol. The molecule has 1 aliphatic heterocycles. The lowest BCUT2D eigenvalue weighted by atomic mass is 10.1. The first-order chi connectivity index (χ1) is 15.8. The monoisotopic (exact) mass is 685 g/mol. The fraction of sp³-hybridized carbons (Fsp3) is 0.0833. The van der Waals surface area contributed by atoms with Gasteiger partial charge < -0.3 is 14.2 Å². The topological polar surface area (TPSA) is 57.1 Å². The SMILES string of the molecule is COc1cc(/C=C2\N=C(c3ccc(I)c(Br)c3)OC2=O)cc(Br)c1OCc1cccc(F)c1. The zero-order valence-electron chi connectivity index (χ0n) is 17.1. The van der Waals surface area contributed by atoms with Crippen LogP contribution in [-0.2, 0) is 16.1 Å². The molecule has 168 valence electrons. The predicted octanol–water partition coefficient (Wildman–Crippen LogP) is 6.89. The zero-order valence-corrected chi connectivity index (χ0v) is 22.4. The standard InChI is InChI=1S/C24H15Br2FINO4/c1-31-21-10-14(8-18(26)22(21)32-12-13-3-2-4-16(27)7-13)9-20-24(30)33-23(29-20)15-5-6-19(28)17(25)11-15/h2-11H,12H2,1H3/b20-9-. The Bertz CT molecular complexity index is 1310. The normalized spacial score (nSPS) is 14.3. The third-order valence-electron chi connectivity index (χ3n) is 4.61. The van der Waals surface area contributed by atoms with Crippen molar-refractivity contribution < 1.29 is 23.4 Å². The number of hydrogen-bond donors (Lipinski definition) is 0. The number of benzene rings is 3. The van der Waals surface area contributed by atoms with Gasteiger partial charge in [0.25, 0.3) is 0 Å². The Balaban J connectivity index is 1.59. The second kappa shape index (κ2) is 10.4. The van der Waals surface area contributed by atoms with Crippen molar-refractivity contribution in [2.75, 3.05) is 7.11 Å². The number of cyclic esters (lactones) is 1. The van der Waals surface area contributed by atoms with Crippen LogP contribution in [0.5, 0.6) is 11.5 Å². The Morgan fingerprint density at radius 3 is 2.67 bits per heavy atom. The quantitative estimate of drug-likeness (QED) is 0.161. The lowest BCUT2D eigenvalue weighted by Gasteiger charge is -2.13. The van der Waals surface area contributed by atoms with Gasteiger partial charge in [-0.1, -0.05) is 12.1 Å². The lowest BCUT2D eigenvalue weighted by Crippen LogP contribution is -2.05. The molecule has 0 radical (unpaired) electrons. The fourth-order valence-corrected chi connectivity index (χ4v) is 4.35. The number of halogens is 4. The van der Waals surface area contributed by atoms with Crippen molar-refractivity contribution in [3.63, 3.8) is 0 Å². The number of nitrogens with zero attached hydrogens (tertiary/aromatic N) is 1. The maximum Gasteiger partial charge on any atom is 0.363 e. The molecule has 0 amide bonds. The molecular weight excluding hydrogens is 672 g/mol. The number of carbonyl (C=O) groups excluding carboxylic acids is 1. The van der Waals surface area contributed by atoms with Gasteiger partial charge in [0, 0.05) is 13.6 Å². The number of hydrogen-bond acceptors (Lipinski definition) is 5. The summed E-state index contributed by atoms with van der Waals surface area (Å²) in [5, 5.41) is 0. The van der Waals surface area contributed by atoms with E-state index in [1.54, 1.807) is 30.3 Å². The number of rotatable bonds is 6. The van der Waals surface area contributed by atoms with Crippen LogP contribution in [0, 0.1) is 9.39 Å². The smallest absolute Gasteiger partial charge is 0.363 e. The van der Waals surface area contributed by atoms with E-state index in [2.05, 4.69) is 59.4 Å². The Hall–Kier alpha value is -2.24. The van der Waals surface area contributed by atoms with E-state index in [1.165, 1.54) is 19.2 Å². The van der Waals surface area contributed by atoms with E-state index < -0.39 is 5.97 Å². The van der Waals surface area contributed by atoms with Crippen LogP contribution in [0.3, 0.4) is 0 Å². The maximum absolute atomic E-state index is 13.4. The molecule has 0 aliphatic carbocycles. The molecule has 0 saturated heterocycles. The highest BCUT2D eigenvalue weighted by atomic mass is 127. The minimum atomic E-state index is -0.541. The molecule has 0 unspecified atom stereocenters. The number of aliphatic imine (C=N–C) groups is 1. The first-order valence-corrected chi connectivity index (χ1v) is 12.2. The largest absolute Gasteiger partial charge is 0.493 e. The van der Waals surface area contributed by atoms with Crippen molar-refractivity contribution in [2.45, 2.75) is 6.61 Å². The first-order valence-electron chi connectivity index (χ1n) is 9.57. The van der Waals surface area contributed by atoms with Gasteiger partial charge in [-0.25, -0.2) is 14.2 Å². The summed E-state index contributed by atoms with van der Waals surface area (Å²) in [7, 11) is 1.52. The molecule has 3 aromatic rings. The number of methoxy groups -OCH3 is 1. The minimum absolute atomic E-state index is 0.165. The molecular formula is C24H15Br2FINO4. The molecule has 1 heterocycles. The summed E-state index contributed by atoms with van der Waals surface area (Å²) in [5.74, 6) is 0.284. The number of carbonyl (C=O) groups is 1. The molecule has 0 N–H and O–H groups in total. The summed E-state index contributed by atoms with van der Waals surface area (Å²) in [4.78, 5) is 16.7. The third-order valence-corrected chi connectivity index (χ3v) is 7.54. The van der Waals surface area contributed by atoms with Gasteiger partial charge in [-0.2, -0.15) is 0 Å². The third kappa shape index (κ3) is 5.64. The Kier molecular flexibility index (Phi) is 7.50. The van der Waals surface area contributed by atoms with Crippen LogP contribution in [0.25, 0.3) is 6.08 Å². The van der Waals surface area contributed by atoms with Crippen LogP contribution in [0.2, 0.25) is 0 Å². The summed E-state index contributed by atoms with van der Waals surface area (Å²) < 4.78 is 32.6. The fourth-order valence-electron chi connectivity index (χ4n) is 3.07. The van der Waals surface area contributed by atoms with Gasteiger partial charge in [0.15, 0.2) is 17.2 Å². The van der Waals surface area contributed by atoms with Crippen LogP contribution >= 0.6 is 54.5 Å². The summed E-state index contributed by atoms with van der Waals surface area (Å²) in [6, 6.07) is 15.3. The van der Waals surface area contributed by atoms with Crippen LogP contribution in [-0.4, -0.2) is 19.0 Å². The predicted molar refractivity (Wildman–Crippen MR) is 139 cm³/mol. The van der Waals surface area contributed by atoms with Crippen molar-refractivity contribution in [3.8, 4) is 11.5 Å². The van der Waals surface area contributed by atoms with Crippen molar-refractivity contribution in [2.24, 2.45) is 4.99 Å². The molecule has 0 aromatic heterocycles. The van der Waals surface area contributed by atoms with E-state index in [-0.39, 0.29) is 24.0 Å². The van der Waals surface area contributed by atoms with Gasteiger partial charge in [-0.05, 0) is 114 Å². The molecule has 9 heteroatoms. The lowest BCUT2D eigenvalue weighted by molar-refractivity contribution is -0.129. The number of ether oxygens (including phenoxy) is 3. The highest BCUT2D eigenvalue weighted by molar-refractivity contribution is 14.1. The molecule has 0 fully saturated rings. The van der Waals surface area contributed by atoms with E-state index in [0.29, 0.717) is 32.7 Å². The van der Waals surface area contributed by atoms with E-state index in [9.17, 15) is 9.18 Å². The van der Waals surface area contributed by atoms with Crippen molar-refractivity contribution in [1.82, 2.24) is 0 Å². The maximum atomic E-state index is 13.4. The molecule has 0 saturated carbocycles. The second-order valence-corrected chi connectivity index (χ2v) is 9.79. The van der Waals surface area contributed by atoms with Gasteiger partial charge >= 0.3 is 5.97 Å². The summed E-state index contributed by atoms with van der Waals surface area (Å²) in [6.07, 6.45) is 1.61. The molecule has 0 bridgehead atoms. The van der Waals surface area contributed by atoms with Gasteiger partial charge in [-0.3, -0.25) is 0 Å². The van der Waals surface area contributed by atoms with Gasteiger partial charge in [-0.15, -0.1) is 0 Å². The van der Waals surface area contributed by atoms with Crippen LogP contribution in [0.4, 0.5) is 4.39 Å². The van der Waals surface area contributed by atoms with Crippen molar-refractivity contribution in [1.29, 1.82) is 0 Å². The first kappa shape index (κ1) is 23.9. The molecule has 1 aliphatic rings. The Labute approximate surface area is 220 Å². The average Bonchev–Trinajstić information content (AvgIpc) is 3.14. The second-order valence-electron chi connectivity index (χ2n) is 6.92. The summed E-state index contributed by atoms with van der Waals surface area (Å²) in [6.45, 7) is 0.165. The highest BCUT2D eigenvalue weighted by Gasteiger charge is 2.25.